The van der Waals surface area contributed by atoms with Crippen LogP contribution in [0.5, 0.6) is 5.75 Å². The van der Waals surface area contributed by atoms with Gasteiger partial charge in [-0.05, 0) is 37.3 Å². The molecule has 2 heterocycles. The number of fused-ring (bicyclic) bond motifs is 1. The van der Waals surface area contributed by atoms with E-state index in [0.717, 1.165) is 22.4 Å². The van der Waals surface area contributed by atoms with Crippen LogP contribution in [0, 0.1) is 6.92 Å². The highest BCUT2D eigenvalue weighted by molar-refractivity contribution is 5.90. The zero-order valence-electron chi connectivity index (χ0n) is 14.1. The van der Waals surface area contributed by atoms with E-state index in [-0.39, 0.29) is 0 Å². The number of nitrogens with one attached hydrogen (secondary N) is 1. The van der Waals surface area contributed by atoms with Crippen molar-refractivity contribution in [1.82, 2.24) is 14.8 Å². The number of hydrogen-bond donors (Lipinski definition) is 1. The van der Waals surface area contributed by atoms with Crippen molar-refractivity contribution in [2.75, 3.05) is 5.32 Å². The molecule has 6 heteroatoms. The van der Waals surface area contributed by atoms with E-state index in [9.17, 15) is 4.79 Å². The van der Waals surface area contributed by atoms with E-state index in [2.05, 4.69) is 15.4 Å². The molecule has 6 nitrogen and oxygen atoms in total. The molecule has 4 aromatic rings. The lowest BCUT2D eigenvalue weighted by Gasteiger charge is -2.07. The summed E-state index contributed by atoms with van der Waals surface area (Å²) in [4.78, 5) is 16.5. The van der Waals surface area contributed by atoms with Gasteiger partial charge in [0.2, 0.25) is 0 Å². The number of aryl methyl sites for hydroxylation is 1. The van der Waals surface area contributed by atoms with Gasteiger partial charge < -0.3 is 4.74 Å². The Hall–Kier alpha value is -3.67. The summed E-state index contributed by atoms with van der Waals surface area (Å²) in [5, 5.41) is 8.12. The van der Waals surface area contributed by atoms with Gasteiger partial charge in [0.15, 0.2) is 5.65 Å². The smallest absolute Gasteiger partial charge is 0.410 e. The quantitative estimate of drug-likeness (QED) is 0.600. The van der Waals surface area contributed by atoms with Crippen molar-refractivity contribution in [2.24, 2.45) is 0 Å². The molecule has 128 valence electrons. The van der Waals surface area contributed by atoms with Crippen LogP contribution in [0.1, 0.15) is 5.69 Å². The minimum Gasteiger partial charge on any atom is -0.410 e. The first-order valence-corrected chi connectivity index (χ1v) is 8.15. The number of benzene rings is 2. The molecule has 0 unspecified atom stereocenters. The first kappa shape index (κ1) is 15.8. The average Bonchev–Trinajstić information content (AvgIpc) is 2.99. The largest absolute Gasteiger partial charge is 0.417 e. The summed E-state index contributed by atoms with van der Waals surface area (Å²) in [6.07, 6.45) is 1.03. The van der Waals surface area contributed by atoms with Crippen LogP contribution in [0.3, 0.4) is 0 Å². The topological polar surface area (TPSA) is 69.0 Å². The van der Waals surface area contributed by atoms with E-state index < -0.39 is 6.09 Å². The SMILES string of the molecule is Cc1nn(-c2ccccc2)c2ncc(NC(=O)Oc3ccccc3)cc12. The van der Waals surface area contributed by atoms with Crippen molar-refractivity contribution in [2.45, 2.75) is 6.92 Å². The van der Waals surface area contributed by atoms with Crippen LogP contribution >= 0.6 is 0 Å². The molecular formula is C20H16N4O2. The van der Waals surface area contributed by atoms with Crippen LogP contribution in [0.15, 0.2) is 72.9 Å². The molecule has 0 atom stereocenters. The Morgan fingerprint density at radius 1 is 1.04 bits per heavy atom. The molecule has 0 radical (unpaired) electrons. The van der Waals surface area contributed by atoms with Gasteiger partial charge in [-0.1, -0.05) is 36.4 Å². The molecule has 0 aliphatic heterocycles. The lowest BCUT2D eigenvalue weighted by atomic mass is 10.2. The van der Waals surface area contributed by atoms with Gasteiger partial charge in [0, 0.05) is 5.39 Å². The molecule has 2 aromatic carbocycles. The fourth-order valence-corrected chi connectivity index (χ4v) is 2.70. The molecule has 0 saturated carbocycles. The van der Waals surface area contributed by atoms with Gasteiger partial charge in [-0.25, -0.2) is 14.5 Å². The molecule has 26 heavy (non-hydrogen) atoms. The number of nitrogens with zero attached hydrogens (tertiary/aromatic N) is 3. The summed E-state index contributed by atoms with van der Waals surface area (Å²) >= 11 is 0. The second-order valence-corrected chi connectivity index (χ2v) is 5.76. The summed E-state index contributed by atoms with van der Waals surface area (Å²) < 4.78 is 7.02. The maximum Gasteiger partial charge on any atom is 0.417 e. The number of hydrogen-bond acceptors (Lipinski definition) is 4. The monoisotopic (exact) mass is 344 g/mol. The van der Waals surface area contributed by atoms with Crippen molar-refractivity contribution in [1.29, 1.82) is 0 Å². The van der Waals surface area contributed by atoms with Crippen LogP contribution in [-0.2, 0) is 0 Å². The molecule has 0 fully saturated rings. The predicted molar refractivity (Wildman–Crippen MR) is 99.7 cm³/mol. The summed E-state index contributed by atoms with van der Waals surface area (Å²) in [6.45, 7) is 1.91. The van der Waals surface area contributed by atoms with Gasteiger partial charge in [-0.3, -0.25) is 5.32 Å². The number of rotatable bonds is 3. The average molecular weight is 344 g/mol. The first-order chi connectivity index (χ1) is 12.7. The maximum atomic E-state index is 12.0. The Morgan fingerprint density at radius 2 is 1.73 bits per heavy atom. The van der Waals surface area contributed by atoms with Gasteiger partial charge in [-0.2, -0.15) is 5.10 Å². The zero-order chi connectivity index (χ0) is 17.9. The van der Waals surface area contributed by atoms with E-state index in [1.165, 1.54) is 0 Å². The number of pyridine rings is 1. The summed E-state index contributed by atoms with van der Waals surface area (Å²) in [7, 11) is 0. The molecule has 1 amide bonds. The normalized spacial score (nSPS) is 10.7. The van der Waals surface area contributed by atoms with Crippen LogP contribution in [0.4, 0.5) is 10.5 Å². The molecular weight excluding hydrogens is 328 g/mol. The van der Waals surface area contributed by atoms with Gasteiger partial charge in [0.25, 0.3) is 0 Å². The van der Waals surface area contributed by atoms with Crippen molar-refractivity contribution >= 4 is 22.8 Å². The third-order valence-electron chi connectivity index (χ3n) is 3.91. The summed E-state index contributed by atoms with van der Waals surface area (Å²) in [5.74, 6) is 0.479. The van der Waals surface area contributed by atoms with Gasteiger partial charge in [-0.15, -0.1) is 0 Å². The Bertz CT molecular complexity index is 1060. The third-order valence-corrected chi connectivity index (χ3v) is 3.91. The summed E-state index contributed by atoms with van der Waals surface area (Å²) in [6, 6.07) is 20.5. The summed E-state index contributed by atoms with van der Waals surface area (Å²) in [5.41, 5.74) is 3.04. The lowest BCUT2D eigenvalue weighted by molar-refractivity contribution is 0.215. The van der Waals surface area contributed by atoms with E-state index >= 15 is 0 Å². The van der Waals surface area contributed by atoms with Crippen molar-refractivity contribution < 1.29 is 9.53 Å². The van der Waals surface area contributed by atoms with Gasteiger partial charge in [0.1, 0.15) is 5.75 Å². The van der Waals surface area contributed by atoms with E-state index in [1.807, 2.05) is 49.4 Å². The zero-order valence-corrected chi connectivity index (χ0v) is 14.1. The van der Waals surface area contributed by atoms with Gasteiger partial charge in [0.05, 0.1) is 23.3 Å². The first-order valence-electron chi connectivity index (χ1n) is 8.15. The molecule has 0 spiro atoms. The minimum atomic E-state index is -0.564. The van der Waals surface area contributed by atoms with Gasteiger partial charge >= 0.3 is 6.09 Å². The minimum absolute atomic E-state index is 0.479. The highest BCUT2D eigenvalue weighted by atomic mass is 16.6. The number of para-hydroxylation sites is 2. The predicted octanol–water partition coefficient (Wildman–Crippen LogP) is 4.34. The Morgan fingerprint density at radius 3 is 2.46 bits per heavy atom. The molecule has 0 aliphatic rings. The van der Waals surface area contributed by atoms with E-state index in [1.54, 1.807) is 35.1 Å². The Balaban J connectivity index is 1.60. The van der Waals surface area contributed by atoms with E-state index in [0.29, 0.717) is 11.4 Å². The molecule has 0 aliphatic carbocycles. The van der Waals surface area contributed by atoms with Crippen LogP contribution < -0.4 is 10.1 Å². The van der Waals surface area contributed by atoms with Crippen LogP contribution in [-0.4, -0.2) is 20.9 Å². The highest BCUT2D eigenvalue weighted by Gasteiger charge is 2.12. The van der Waals surface area contributed by atoms with E-state index in [4.69, 9.17) is 4.74 Å². The standard InChI is InChI=1S/C20H16N4O2/c1-14-18-12-15(22-20(25)26-17-10-6-3-7-11-17)13-21-19(18)24(23-14)16-8-4-2-5-9-16/h2-13H,1H3,(H,22,25). The second kappa shape index (κ2) is 6.68. The molecule has 0 saturated heterocycles. The Kier molecular flexibility index (Phi) is 4.07. The number of amides is 1. The number of ether oxygens (including phenoxy) is 1. The fourth-order valence-electron chi connectivity index (χ4n) is 2.70. The lowest BCUT2D eigenvalue weighted by Crippen LogP contribution is -2.16. The third kappa shape index (κ3) is 3.12. The molecule has 4 rings (SSSR count). The van der Waals surface area contributed by atoms with Crippen LogP contribution in [0.2, 0.25) is 0 Å². The van der Waals surface area contributed by atoms with Crippen molar-refractivity contribution in [3.63, 3.8) is 0 Å². The molecule has 0 bridgehead atoms. The Labute approximate surface area is 150 Å². The number of anilines is 1. The second-order valence-electron chi connectivity index (χ2n) is 5.76. The van der Waals surface area contributed by atoms with Crippen LogP contribution in [0.25, 0.3) is 16.7 Å². The number of carbonyl (C=O) groups is 1. The fraction of sp³-hybridized carbons (Fsp3) is 0.0500. The number of aromatic nitrogens is 3. The maximum absolute atomic E-state index is 12.0. The highest BCUT2D eigenvalue weighted by Crippen LogP contribution is 2.23. The number of carbonyl (C=O) groups excluding carboxylic acids is 1. The van der Waals surface area contributed by atoms with Crippen molar-refractivity contribution in [3.8, 4) is 11.4 Å². The molecule has 1 N–H and O–H groups in total. The molecule has 2 aromatic heterocycles. The van der Waals surface area contributed by atoms with Crippen molar-refractivity contribution in [3.05, 3.63) is 78.6 Å².